The van der Waals surface area contributed by atoms with Gasteiger partial charge in [0.2, 0.25) is 0 Å². The van der Waals surface area contributed by atoms with Crippen molar-refractivity contribution in [2.75, 3.05) is 5.01 Å². The summed E-state index contributed by atoms with van der Waals surface area (Å²) in [4.78, 5) is 11.5. The van der Waals surface area contributed by atoms with Gasteiger partial charge in [0.05, 0.1) is 22.5 Å². The predicted octanol–water partition coefficient (Wildman–Crippen LogP) is 3.69. The molecule has 2 rings (SSSR count). The van der Waals surface area contributed by atoms with Crippen LogP contribution in [0.2, 0.25) is 5.02 Å². The quantitative estimate of drug-likeness (QED) is 0.792. The first kappa shape index (κ1) is 13.7. The van der Waals surface area contributed by atoms with Crippen molar-refractivity contribution in [2.24, 2.45) is 5.10 Å². The van der Waals surface area contributed by atoms with Crippen LogP contribution in [-0.2, 0) is 10.9 Å². The van der Waals surface area contributed by atoms with Gasteiger partial charge >= 0.3 is 12.3 Å². The summed E-state index contributed by atoms with van der Waals surface area (Å²) in [5.41, 5.74) is -1.10. The number of halogens is 4. The molecule has 1 aromatic carbocycles. The molecule has 0 saturated carbocycles. The molecule has 1 atom stereocenters. The summed E-state index contributed by atoms with van der Waals surface area (Å²) in [6.07, 6.45) is -4.66. The van der Waals surface area contributed by atoms with E-state index in [1.165, 1.54) is 12.3 Å². The SMILES string of the molecule is CC1C=NN(c2ccc(Cl)c(C(F)(F)F)c2)C(=O)O1. The number of carbonyl (C=O) groups is 1. The number of nitrogens with zero attached hydrogens (tertiary/aromatic N) is 2. The number of rotatable bonds is 1. The van der Waals surface area contributed by atoms with Gasteiger partial charge in [-0.25, -0.2) is 4.79 Å². The number of amides is 1. The zero-order valence-electron chi connectivity index (χ0n) is 9.61. The van der Waals surface area contributed by atoms with Crippen LogP contribution in [0.4, 0.5) is 23.7 Å². The molecule has 0 fully saturated rings. The summed E-state index contributed by atoms with van der Waals surface area (Å²) < 4.78 is 42.9. The Morgan fingerprint density at radius 3 is 2.68 bits per heavy atom. The van der Waals surface area contributed by atoms with Gasteiger partial charge in [-0.3, -0.25) is 0 Å². The first-order valence-corrected chi connectivity index (χ1v) is 5.58. The zero-order valence-corrected chi connectivity index (χ0v) is 10.4. The molecule has 0 radical (unpaired) electrons. The van der Waals surface area contributed by atoms with Crippen LogP contribution >= 0.6 is 11.6 Å². The number of anilines is 1. The van der Waals surface area contributed by atoms with Crippen molar-refractivity contribution in [3.05, 3.63) is 28.8 Å². The highest BCUT2D eigenvalue weighted by molar-refractivity contribution is 6.31. The molecule has 1 aliphatic rings. The topological polar surface area (TPSA) is 41.9 Å². The molecular weight excluding hydrogens is 285 g/mol. The van der Waals surface area contributed by atoms with E-state index in [2.05, 4.69) is 5.10 Å². The Labute approximate surface area is 111 Å². The molecule has 102 valence electrons. The highest BCUT2D eigenvalue weighted by Gasteiger charge is 2.34. The molecule has 4 nitrogen and oxygen atoms in total. The number of hydrogen-bond acceptors (Lipinski definition) is 3. The van der Waals surface area contributed by atoms with Crippen molar-refractivity contribution in [3.63, 3.8) is 0 Å². The maximum Gasteiger partial charge on any atom is 0.435 e. The second kappa shape index (κ2) is 4.73. The number of hydrazone groups is 1. The highest BCUT2D eigenvalue weighted by Crippen LogP contribution is 2.37. The molecule has 0 spiro atoms. The lowest BCUT2D eigenvalue weighted by Gasteiger charge is -2.23. The second-order valence-electron chi connectivity index (χ2n) is 3.83. The van der Waals surface area contributed by atoms with E-state index >= 15 is 0 Å². The maximum absolute atomic E-state index is 12.7. The van der Waals surface area contributed by atoms with Crippen LogP contribution < -0.4 is 5.01 Å². The molecular formula is C11H8ClF3N2O2. The van der Waals surface area contributed by atoms with E-state index in [0.29, 0.717) is 0 Å². The van der Waals surface area contributed by atoms with Crippen molar-refractivity contribution in [2.45, 2.75) is 19.2 Å². The van der Waals surface area contributed by atoms with E-state index in [4.69, 9.17) is 16.3 Å². The molecule has 1 aromatic rings. The van der Waals surface area contributed by atoms with Crippen molar-refractivity contribution >= 4 is 29.6 Å². The third-order valence-electron chi connectivity index (χ3n) is 2.35. The Balaban J connectivity index is 2.42. The maximum atomic E-state index is 12.7. The third kappa shape index (κ3) is 2.81. The first-order chi connectivity index (χ1) is 8.79. The van der Waals surface area contributed by atoms with Crippen LogP contribution in [0.3, 0.4) is 0 Å². The Morgan fingerprint density at radius 2 is 2.11 bits per heavy atom. The van der Waals surface area contributed by atoms with Gasteiger partial charge in [-0.05, 0) is 25.1 Å². The summed E-state index contributed by atoms with van der Waals surface area (Å²) in [7, 11) is 0. The van der Waals surface area contributed by atoms with Crippen molar-refractivity contribution in [3.8, 4) is 0 Å². The molecule has 8 heteroatoms. The summed E-state index contributed by atoms with van der Waals surface area (Å²) >= 11 is 5.49. The highest BCUT2D eigenvalue weighted by atomic mass is 35.5. The van der Waals surface area contributed by atoms with Gasteiger partial charge in [0.15, 0.2) is 0 Å². The standard InChI is InChI=1S/C11H8ClF3N2O2/c1-6-5-16-17(10(18)19-6)7-2-3-9(12)8(4-7)11(13,14)15/h2-6H,1H3. The lowest BCUT2D eigenvalue weighted by molar-refractivity contribution is -0.137. The molecule has 0 N–H and O–H groups in total. The summed E-state index contributed by atoms with van der Waals surface area (Å²) in [6.45, 7) is 1.59. The molecule has 0 aliphatic carbocycles. The molecule has 1 amide bonds. The number of cyclic esters (lactones) is 1. The van der Waals surface area contributed by atoms with Gasteiger partial charge in [0.25, 0.3) is 0 Å². The second-order valence-corrected chi connectivity index (χ2v) is 4.23. The minimum absolute atomic E-state index is 0.0649. The fourth-order valence-electron chi connectivity index (χ4n) is 1.48. The molecule has 0 saturated heterocycles. The van der Waals surface area contributed by atoms with E-state index in [-0.39, 0.29) is 5.69 Å². The van der Waals surface area contributed by atoms with Gasteiger partial charge < -0.3 is 4.74 Å². The number of ether oxygens (including phenoxy) is 1. The smallest absolute Gasteiger partial charge is 0.435 e. The van der Waals surface area contributed by atoms with Gasteiger partial charge in [0, 0.05) is 0 Å². The van der Waals surface area contributed by atoms with Crippen LogP contribution in [0, 0.1) is 0 Å². The average Bonchev–Trinajstić information content (AvgIpc) is 2.29. The van der Waals surface area contributed by atoms with Crippen LogP contribution in [0.5, 0.6) is 0 Å². The zero-order chi connectivity index (χ0) is 14.2. The number of hydrogen-bond donors (Lipinski definition) is 0. The predicted molar refractivity (Wildman–Crippen MR) is 63.4 cm³/mol. The van der Waals surface area contributed by atoms with E-state index in [1.807, 2.05) is 0 Å². The average molecular weight is 293 g/mol. The van der Waals surface area contributed by atoms with Gasteiger partial charge in [0.1, 0.15) is 6.10 Å². The molecule has 19 heavy (non-hydrogen) atoms. The van der Waals surface area contributed by atoms with Crippen molar-refractivity contribution < 1.29 is 22.7 Å². The Hall–Kier alpha value is -1.76. The third-order valence-corrected chi connectivity index (χ3v) is 2.68. The van der Waals surface area contributed by atoms with Crippen LogP contribution in [-0.4, -0.2) is 18.4 Å². The lowest BCUT2D eigenvalue weighted by Crippen LogP contribution is -2.35. The summed E-state index contributed by atoms with van der Waals surface area (Å²) in [6, 6.07) is 3.06. The monoisotopic (exact) mass is 292 g/mol. The molecule has 0 bridgehead atoms. The van der Waals surface area contributed by atoms with Gasteiger partial charge in [-0.1, -0.05) is 11.6 Å². The van der Waals surface area contributed by atoms with Crippen LogP contribution in [0.15, 0.2) is 23.3 Å². The fraction of sp³-hybridized carbons (Fsp3) is 0.273. The fourth-order valence-corrected chi connectivity index (χ4v) is 1.71. The van der Waals surface area contributed by atoms with Crippen LogP contribution in [0.1, 0.15) is 12.5 Å². The van der Waals surface area contributed by atoms with Gasteiger partial charge in [-0.15, -0.1) is 0 Å². The Bertz CT molecular complexity index is 545. The van der Waals surface area contributed by atoms with E-state index < -0.39 is 29.0 Å². The van der Waals surface area contributed by atoms with E-state index in [1.54, 1.807) is 6.92 Å². The summed E-state index contributed by atoms with van der Waals surface area (Å²) in [5.74, 6) is 0. The Kier molecular flexibility index (Phi) is 3.40. The minimum atomic E-state index is -4.61. The molecule has 1 unspecified atom stereocenters. The van der Waals surface area contributed by atoms with E-state index in [0.717, 1.165) is 17.1 Å². The Morgan fingerprint density at radius 1 is 1.42 bits per heavy atom. The lowest BCUT2D eigenvalue weighted by atomic mass is 10.2. The number of benzene rings is 1. The number of carbonyl (C=O) groups excluding carboxylic acids is 1. The normalized spacial score (nSPS) is 19.5. The van der Waals surface area contributed by atoms with Crippen molar-refractivity contribution in [1.29, 1.82) is 0 Å². The van der Waals surface area contributed by atoms with Crippen molar-refractivity contribution in [1.82, 2.24) is 0 Å². The largest absolute Gasteiger partial charge is 0.439 e. The van der Waals surface area contributed by atoms with Gasteiger partial charge in [-0.2, -0.15) is 23.3 Å². The van der Waals surface area contributed by atoms with Crippen LogP contribution in [0.25, 0.3) is 0 Å². The molecule has 1 aliphatic heterocycles. The minimum Gasteiger partial charge on any atom is -0.439 e. The van der Waals surface area contributed by atoms with E-state index in [9.17, 15) is 18.0 Å². The summed E-state index contributed by atoms with van der Waals surface area (Å²) in [5, 5.41) is 4.03. The molecule has 1 heterocycles. The number of alkyl halides is 3. The molecule has 0 aromatic heterocycles. The first-order valence-electron chi connectivity index (χ1n) is 5.20.